The molecule has 1 N–H and O–H groups in total. The molecule has 0 radical (unpaired) electrons. The fourth-order valence-electron chi connectivity index (χ4n) is 4.02. The van der Waals surface area contributed by atoms with Crippen molar-refractivity contribution in [2.24, 2.45) is 0 Å². The van der Waals surface area contributed by atoms with Crippen molar-refractivity contribution in [1.82, 2.24) is 10.2 Å². The number of hydrogen-bond acceptors (Lipinski definition) is 4. The highest BCUT2D eigenvalue weighted by atomic mass is 16.5. The van der Waals surface area contributed by atoms with E-state index < -0.39 is 0 Å². The van der Waals surface area contributed by atoms with Crippen LogP contribution in [0.2, 0.25) is 0 Å². The molecule has 1 amide bonds. The molecule has 2 aliphatic rings. The van der Waals surface area contributed by atoms with Crippen LogP contribution in [0.25, 0.3) is 11.1 Å². The number of benzene rings is 2. The summed E-state index contributed by atoms with van der Waals surface area (Å²) < 4.78 is 12.1. The quantitative estimate of drug-likeness (QED) is 0.865. The summed E-state index contributed by atoms with van der Waals surface area (Å²) in [7, 11) is 1.64. The molecular weight excluding hydrogens is 364 g/mol. The highest BCUT2D eigenvalue weighted by Gasteiger charge is 2.24. The van der Waals surface area contributed by atoms with Gasteiger partial charge in [0.25, 0.3) is 5.91 Å². The van der Waals surface area contributed by atoms with Crippen molar-refractivity contribution in [3.8, 4) is 16.9 Å². The van der Waals surface area contributed by atoms with Gasteiger partial charge in [0.1, 0.15) is 12.4 Å². The van der Waals surface area contributed by atoms with E-state index in [1.54, 1.807) is 7.05 Å². The zero-order chi connectivity index (χ0) is 20.1. The van der Waals surface area contributed by atoms with Gasteiger partial charge in [-0.1, -0.05) is 24.6 Å². The molecule has 5 heteroatoms. The van der Waals surface area contributed by atoms with E-state index in [1.807, 2.05) is 24.3 Å². The maximum Gasteiger partial charge on any atom is 0.251 e. The zero-order valence-corrected chi connectivity index (χ0v) is 17.2. The van der Waals surface area contributed by atoms with E-state index >= 15 is 0 Å². The average molecular weight is 395 g/mol. The molecule has 0 atom stereocenters. The second-order valence-corrected chi connectivity index (χ2v) is 7.81. The molecular formula is C24H30N2O3. The molecule has 0 saturated heterocycles. The molecule has 29 heavy (non-hydrogen) atoms. The maximum absolute atomic E-state index is 11.8. The minimum absolute atomic E-state index is 0.0698. The molecule has 0 unspecified atom stereocenters. The van der Waals surface area contributed by atoms with Gasteiger partial charge in [-0.05, 0) is 60.2 Å². The summed E-state index contributed by atoms with van der Waals surface area (Å²) in [6.07, 6.45) is 4.79. The van der Waals surface area contributed by atoms with Crippen LogP contribution >= 0.6 is 0 Å². The number of nitrogens with one attached hydrogen (secondary N) is 1. The van der Waals surface area contributed by atoms with E-state index in [1.165, 1.54) is 24.8 Å². The Morgan fingerprint density at radius 1 is 1.00 bits per heavy atom. The van der Waals surface area contributed by atoms with Crippen LogP contribution in [0.3, 0.4) is 0 Å². The lowest BCUT2D eigenvalue weighted by Gasteiger charge is -2.37. The van der Waals surface area contributed by atoms with Crippen molar-refractivity contribution in [3.05, 3.63) is 53.6 Å². The Hall–Kier alpha value is -2.37. The fourth-order valence-corrected chi connectivity index (χ4v) is 4.02. The van der Waals surface area contributed by atoms with Crippen molar-refractivity contribution in [3.63, 3.8) is 0 Å². The van der Waals surface area contributed by atoms with E-state index in [2.05, 4.69) is 28.4 Å². The smallest absolute Gasteiger partial charge is 0.251 e. The Bertz CT molecular complexity index is 831. The molecule has 0 bridgehead atoms. The molecule has 4 rings (SSSR count). The standard InChI is InChI=1S/C24H30N2O3/c1-25-24(27)19-7-5-18(6-8-19)20-9-10-23-21(17-20)11-14-28-15-12-26(13-16-29-23)22-3-2-4-22/h5-10,17,22H,2-4,11-16H2,1H3,(H,25,27). The Kier molecular flexibility index (Phi) is 6.47. The third-order valence-electron chi connectivity index (χ3n) is 6.03. The molecule has 0 spiro atoms. The van der Waals surface area contributed by atoms with Crippen LogP contribution in [0.15, 0.2) is 42.5 Å². The monoisotopic (exact) mass is 394 g/mol. The molecule has 154 valence electrons. The predicted octanol–water partition coefficient (Wildman–Crippen LogP) is 3.52. The second-order valence-electron chi connectivity index (χ2n) is 7.81. The van der Waals surface area contributed by atoms with E-state index in [0.29, 0.717) is 24.8 Å². The Morgan fingerprint density at radius 3 is 2.48 bits per heavy atom. The maximum atomic E-state index is 11.8. The van der Waals surface area contributed by atoms with Gasteiger partial charge in [0, 0.05) is 31.7 Å². The van der Waals surface area contributed by atoms with Crippen LogP contribution in [0, 0.1) is 0 Å². The average Bonchev–Trinajstić information content (AvgIpc) is 2.76. The van der Waals surface area contributed by atoms with Crippen LogP contribution in [0.4, 0.5) is 0 Å². The van der Waals surface area contributed by atoms with Gasteiger partial charge in [0.05, 0.1) is 13.2 Å². The van der Waals surface area contributed by atoms with E-state index in [-0.39, 0.29) is 5.91 Å². The summed E-state index contributed by atoms with van der Waals surface area (Å²) in [5.74, 6) is 0.884. The number of rotatable bonds is 3. The largest absolute Gasteiger partial charge is 0.492 e. The van der Waals surface area contributed by atoms with Crippen molar-refractivity contribution >= 4 is 5.91 Å². The highest BCUT2D eigenvalue weighted by Crippen LogP contribution is 2.29. The first kappa shape index (κ1) is 19.9. The molecule has 0 aromatic heterocycles. The van der Waals surface area contributed by atoms with Crippen LogP contribution < -0.4 is 10.1 Å². The summed E-state index contributed by atoms with van der Waals surface area (Å²) in [6.45, 7) is 4.15. The van der Waals surface area contributed by atoms with Crippen LogP contribution in [0.5, 0.6) is 5.75 Å². The lowest BCUT2D eigenvalue weighted by molar-refractivity contribution is 0.0594. The fraction of sp³-hybridized carbons (Fsp3) is 0.458. The number of carbonyl (C=O) groups excluding carboxylic acids is 1. The van der Waals surface area contributed by atoms with Crippen molar-refractivity contribution in [1.29, 1.82) is 0 Å². The van der Waals surface area contributed by atoms with E-state index in [4.69, 9.17) is 9.47 Å². The van der Waals surface area contributed by atoms with Gasteiger partial charge >= 0.3 is 0 Å². The van der Waals surface area contributed by atoms with Gasteiger partial charge in [-0.3, -0.25) is 9.69 Å². The van der Waals surface area contributed by atoms with Gasteiger partial charge in [-0.15, -0.1) is 0 Å². The lowest BCUT2D eigenvalue weighted by atomic mass is 9.91. The number of carbonyl (C=O) groups is 1. The SMILES string of the molecule is CNC(=O)c1ccc(-c2ccc3c(c2)CCOCCN(C2CCC2)CCO3)cc1. The summed E-state index contributed by atoms with van der Waals surface area (Å²) in [4.78, 5) is 14.3. The Balaban J connectivity index is 1.49. The van der Waals surface area contributed by atoms with Crippen molar-refractivity contribution in [2.45, 2.75) is 31.7 Å². The first-order valence-electron chi connectivity index (χ1n) is 10.6. The molecule has 1 saturated carbocycles. The molecule has 1 aliphatic carbocycles. The number of hydrogen-bond donors (Lipinski definition) is 1. The molecule has 1 fully saturated rings. The Morgan fingerprint density at radius 2 is 1.76 bits per heavy atom. The summed E-state index contributed by atoms with van der Waals surface area (Å²) in [5, 5.41) is 2.65. The second kappa shape index (κ2) is 9.42. The van der Waals surface area contributed by atoms with Gasteiger partial charge in [0.2, 0.25) is 0 Å². The van der Waals surface area contributed by atoms with Crippen molar-refractivity contribution < 1.29 is 14.3 Å². The number of amides is 1. The predicted molar refractivity (Wildman–Crippen MR) is 114 cm³/mol. The van der Waals surface area contributed by atoms with E-state index in [9.17, 15) is 4.79 Å². The topological polar surface area (TPSA) is 50.8 Å². The summed E-state index contributed by atoms with van der Waals surface area (Å²) >= 11 is 0. The summed E-state index contributed by atoms with van der Waals surface area (Å²) in [6, 6.07) is 14.8. The van der Waals surface area contributed by atoms with Crippen LogP contribution in [-0.4, -0.2) is 56.8 Å². The highest BCUT2D eigenvalue weighted by molar-refractivity contribution is 5.94. The van der Waals surface area contributed by atoms with Gasteiger partial charge < -0.3 is 14.8 Å². The Labute approximate surface area is 173 Å². The number of ether oxygens (including phenoxy) is 2. The summed E-state index contributed by atoms with van der Waals surface area (Å²) in [5.41, 5.74) is 4.06. The van der Waals surface area contributed by atoms with Crippen LogP contribution in [0.1, 0.15) is 35.2 Å². The first-order chi connectivity index (χ1) is 14.2. The zero-order valence-electron chi connectivity index (χ0n) is 17.2. The minimum atomic E-state index is -0.0698. The molecule has 5 nitrogen and oxygen atoms in total. The molecule has 1 heterocycles. The normalized spacial score (nSPS) is 18.7. The van der Waals surface area contributed by atoms with Crippen LogP contribution in [-0.2, 0) is 11.2 Å². The van der Waals surface area contributed by atoms with Gasteiger partial charge in [-0.25, -0.2) is 0 Å². The van der Waals surface area contributed by atoms with E-state index in [0.717, 1.165) is 43.0 Å². The third kappa shape index (κ3) is 4.80. The van der Waals surface area contributed by atoms with Crippen molar-refractivity contribution in [2.75, 3.05) is 40.0 Å². The lowest BCUT2D eigenvalue weighted by Crippen LogP contribution is -2.44. The molecule has 1 aliphatic heterocycles. The number of fused-ring (bicyclic) bond motifs is 1. The molecule has 2 aromatic carbocycles. The first-order valence-corrected chi connectivity index (χ1v) is 10.6. The van der Waals surface area contributed by atoms with Gasteiger partial charge in [-0.2, -0.15) is 0 Å². The minimum Gasteiger partial charge on any atom is -0.492 e. The molecule has 2 aromatic rings. The third-order valence-corrected chi connectivity index (χ3v) is 6.03. The number of nitrogens with zero attached hydrogens (tertiary/aromatic N) is 1. The van der Waals surface area contributed by atoms with Gasteiger partial charge in [0.15, 0.2) is 0 Å².